The Balaban J connectivity index is 1.08. The zero-order valence-corrected chi connectivity index (χ0v) is 36.5. The van der Waals surface area contributed by atoms with Gasteiger partial charge in [-0.3, -0.25) is 19.8 Å². The van der Waals surface area contributed by atoms with Crippen LogP contribution in [0.2, 0.25) is 0 Å². The van der Waals surface area contributed by atoms with Gasteiger partial charge in [0.15, 0.2) is 10.8 Å². The molecule has 0 aliphatic carbocycles. The van der Waals surface area contributed by atoms with Crippen molar-refractivity contribution in [1.82, 2.24) is 14.9 Å². The normalized spacial score (nSPS) is 17.1. The lowest BCUT2D eigenvalue weighted by Crippen LogP contribution is -2.43. The Kier molecular flexibility index (Phi) is 13.5. The first-order valence-corrected chi connectivity index (χ1v) is 21.9. The van der Waals surface area contributed by atoms with Crippen LogP contribution in [-0.4, -0.2) is 77.2 Å². The Bertz CT molecular complexity index is 2400. The van der Waals surface area contributed by atoms with Crippen LogP contribution < -0.4 is 15.0 Å². The number of carbonyl (C=O) groups is 3. The number of pyridine rings is 1. The topological polar surface area (TPSA) is 123 Å². The van der Waals surface area contributed by atoms with Crippen molar-refractivity contribution >= 4 is 50.3 Å². The lowest BCUT2D eigenvalue weighted by molar-refractivity contribution is -0.145. The number of alkyl halides is 3. The van der Waals surface area contributed by atoms with Gasteiger partial charge in [-0.2, -0.15) is 13.2 Å². The molecule has 11 nitrogen and oxygen atoms in total. The second kappa shape index (κ2) is 18.8. The molecule has 0 spiro atoms. The van der Waals surface area contributed by atoms with Gasteiger partial charge in [0.1, 0.15) is 17.2 Å². The fourth-order valence-corrected chi connectivity index (χ4v) is 9.10. The van der Waals surface area contributed by atoms with Crippen LogP contribution in [0, 0.1) is 5.92 Å². The van der Waals surface area contributed by atoms with E-state index in [1.807, 2.05) is 41.3 Å². The van der Waals surface area contributed by atoms with Gasteiger partial charge in [0.2, 0.25) is 0 Å². The summed E-state index contributed by atoms with van der Waals surface area (Å²) in [5.74, 6) is -0.567. The van der Waals surface area contributed by atoms with Crippen LogP contribution in [0.3, 0.4) is 0 Å². The Morgan fingerprint density at radius 2 is 1.74 bits per heavy atom. The predicted octanol–water partition coefficient (Wildman–Crippen LogP) is 9.97. The van der Waals surface area contributed by atoms with Gasteiger partial charge < -0.3 is 19.1 Å². The van der Waals surface area contributed by atoms with Crippen LogP contribution in [0.15, 0.2) is 72.8 Å². The maximum absolute atomic E-state index is 14.9. The number of likely N-dealkylation sites (tertiary alicyclic amines) is 1. The first-order chi connectivity index (χ1) is 29.6. The van der Waals surface area contributed by atoms with E-state index >= 15 is 0 Å². The molecule has 1 amide bonds. The van der Waals surface area contributed by atoms with Crippen LogP contribution in [0.1, 0.15) is 97.8 Å². The lowest BCUT2D eigenvalue weighted by atomic mass is 9.88. The summed E-state index contributed by atoms with van der Waals surface area (Å²) in [6, 6.07) is 20.3. The highest BCUT2D eigenvalue weighted by Crippen LogP contribution is 2.41. The standard InChI is InChI=1S/C47H52F3N5O6S/c1-6-59-41(56)28-54-22-20-30(25-29(54)2)11-10-24-60-32-16-17-33(37(26-32)47(48,49)50)34-18-19-40(52-42(34)44(58)61-46(3,4)5)55-23-21-31-12-9-13-35(36(31)27-55)43(57)53-45-51-38-14-7-8-15-39(38)62-45/h7-9,12-19,26,29-30H,6,10-11,20-25,27-28H2,1-5H3,(H,51,53,57)/t29-,30-/m0/s1. The summed E-state index contributed by atoms with van der Waals surface area (Å²) >= 11 is 1.38. The number of amides is 1. The van der Waals surface area contributed by atoms with E-state index in [4.69, 9.17) is 19.2 Å². The molecule has 7 rings (SSSR count). The highest BCUT2D eigenvalue weighted by Gasteiger charge is 2.37. The van der Waals surface area contributed by atoms with Gasteiger partial charge in [-0.1, -0.05) is 41.7 Å². The van der Waals surface area contributed by atoms with Crippen LogP contribution in [0.25, 0.3) is 21.3 Å². The average Bonchev–Trinajstić information content (AvgIpc) is 3.64. The molecule has 1 saturated heterocycles. The number of benzene rings is 3. The van der Waals surface area contributed by atoms with E-state index in [0.717, 1.165) is 53.2 Å². The number of esters is 2. The molecule has 5 aromatic rings. The van der Waals surface area contributed by atoms with E-state index in [1.165, 1.54) is 29.5 Å². The van der Waals surface area contributed by atoms with Gasteiger partial charge in [-0.05, 0) is 138 Å². The van der Waals surface area contributed by atoms with Crippen molar-refractivity contribution < 1.29 is 41.8 Å². The number of fused-ring (bicyclic) bond motifs is 2. The summed E-state index contributed by atoms with van der Waals surface area (Å²) in [5, 5.41) is 3.42. The van der Waals surface area contributed by atoms with E-state index in [9.17, 15) is 27.6 Å². The molecule has 2 aliphatic heterocycles. The Labute approximate surface area is 363 Å². The van der Waals surface area contributed by atoms with Crippen LogP contribution >= 0.6 is 11.3 Å². The van der Waals surface area contributed by atoms with Gasteiger partial charge >= 0.3 is 18.1 Å². The Hall–Kier alpha value is -5.54. The third kappa shape index (κ3) is 10.7. The van der Waals surface area contributed by atoms with Crippen molar-refractivity contribution in [2.45, 2.75) is 91.1 Å². The number of aromatic nitrogens is 2. The van der Waals surface area contributed by atoms with Crippen molar-refractivity contribution in [3.63, 3.8) is 0 Å². The molecule has 328 valence electrons. The molecule has 0 bridgehead atoms. The number of nitrogens with zero attached hydrogens (tertiary/aromatic N) is 4. The minimum Gasteiger partial charge on any atom is -0.494 e. The number of hydrogen-bond donors (Lipinski definition) is 1. The van der Waals surface area contributed by atoms with E-state index in [1.54, 1.807) is 39.8 Å². The molecule has 3 aromatic carbocycles. The fourth-order valence-electron chi connectivity index (χ4n) is 8.24. The number of para-hydroxylation sites is 1. The first-order valence-electron chi connectivity index (χ1n) is 21.1. The third-order valence-electron chi connectivity index (χ3n) is 11.2. The van der Waals surface area contributed by atoms with E-state index in [2.05, 4.69) is 22.1 Å². The SMILES string of the molecule is CCOC(=O)CN1CC[C@H](CCCOc2ccc(-c3ccc(N4CCc5cccc(C(=O)Nc6nc7ccccc7s6)c5C4)nc3C(=O)OC(C)(C)C)c(C(F)(F)F)c2)C[C@@H]1C. The molecule has 62 heavy (non-hydrogen) atoms. The third-order valence-corrected chi connectivity index (χ3v) is 12.2. The Morgan fingerprint density at radius 1 is 0.952 bits per heavy atom. The molecular formula is C47H52F3N5O6S. The zero-order valence-electron chi connectivity index (χ0n) is 35.6. The molecule has 1 N–H and O–H groups in total. The number of hydrogen-bond acceptors (Lipinski definition) is 11. The minimum atomic E-state index is -4.79. The van der Waals surface area contributed by atoms with Crippen LogP contribution in [0.4, 0.5) is 24.1 Å². The highest BCUT2D eigenvalue weighted by molar-refractivity contribution is 7.22. The largest absolute Gasteiger partial charge is 0.494 e. The van der Waals surface area contributed by atoms with Gasteiger partial charge in [-0.15, -0.1) is 0 Å². The number of carbonyl (C=O) groups excluding carboxylic acids is 3. The predicted molar refractivity (Wildman–Crippen MR) is 234 cm³/mol. The van der Waals surface area contributed by atoms with Crippen LogP contribution in [-0.2, 0) is 33.4 Å². The molecular weight excluding hydrogens is 820 g/mol. The summed E-state index contributed by atoms with van der Waals surface area (Å²) in [4.78, 5) is 52.7. The minimum absolute atomic E-state index is 0.0291. The van der Waals surface area contributed by atoms with Crippen molar-refractivity contribution in [3.8, 4) is 16.9 Å². The van der Waals surface area contributed by atoms with Crippen molar-refractivity contribution in [2.75, 3.05) is 43.1 Å². The van der Waals surface area contributed by atoms with Gasteiger partial charge in [0.05, 0.1) is 35.5 Å². The first kappa shape index (κ1) is 44.5. The van der Waals surface area contributed by atoms with Crippen molar-refractivity contribution in [1.29, 1.82) is 0 Å². The molecule has 2 aromatic heterocycles. The fraction of sp³-hybridized carbons (Fsp3) is 0.426. The summed E-state index contributed by atoms with van der Waals surface area (Å²) < 4.78 is 62.3. The van der Waals surface area contributed by atoms with Gasteiger partial charge in [0.25, 0.3) is 5.91 Å². The quantitative estimate of drug-likeness (QED) is 0.0904. The van der Waals surface area contributed by atoms with E-state index < -0.39 is 23.3 Å². The van der Waals surface area contributed by atoms with E-state index in [-0.39, 0.29) is 60.2 Å². The smallest absolute Gasteiger partial charge is 0.417 e. The highest BCUT2D eigenvalue weighted by atomic mass is 32.1. The average molecular weight is 872 g/mol. The molecule has 0 unspecified atom stereocenters. The van der Waals surface area contributed by atoms with Gasteiger partial charge in [-0.25, -0.2) is 14.8 Å². The number of ether oxygens (including phenoxy) is 3. The van der Waals surface area contributed by atoms with Crippen molar-refractivity contribution in [3.05, 3.63) is 101 Å². The Morgan fingerprint density at radius 3 is 2.48 bits per heavy atom. The summed E-state index contributed by atoms with van der Waals surface area (Å²) in [6.45, 7) is 11.3. The molecule has 4 heterocycles. The number of thiazole rings is 1. The molecule has 0 saturated carbocycles. The molecule has 2 atom stereocenters. The summed E-state index contributed by atoms with van der Waals surface area (Å²) in [5.41, 5.74) is 0.587. The van der Waals surface area contributed by atoms with Crippen molar-refractivity contribution in [2.24, 2.45) is 5.92 Å². The second-order valence-electron chi connectivity index (χ2n) is 16.8. The molecule has 2 aliphatic rings. The second-order valence-corrected chi connectivity index (χ2v) is 17.9. The monoisotopic (exact) mass is 871 g/mol. The number of piperidine rings is 1. The maximum atomic E-state index is 14.9. The lowest BCUT2D eigenvalue weighted by Gasteiger charge is -2.37. The summed E-state index contributed by atoms with van der Waals surface area (Å²) in [7, 11) is 0. The number of rotatable bonds is 13. The maximum Gasteiger partial charge on any atom is 0.417 e. The summed E-state index contributed by atoms with van der Waals surface area (Å²) in [6.07, 6.45) is -0.890. The molecule has 0 radical (unpaired) electrons. The molecule has 15 heteroatoms. The number of anilines is 2. The van der Waals surface area contributed by atoms with Gasteiger partial charge in [0, 0.05) is 30.3 Å². The van der Waals surface area contributed by atoms with E-state index in [0.29, 0.717) is 48.4 Å². The number of halogens is 3. The molecule has 1 fully saturated rings. The van der Waals surface area contributed by atoms with Crippen LogP contribution in [0.5, 0.6) is 5.75 Å². The number of nitrogens with one attached hydrogen (secondary N) is 1. The zero-order chi connectivity index (χ0) is 44.2.